The first-order valence-electron chi connectivity index (χ1n) is 11.3. The van der Waals surface area contributed by atoms with Gasteiger partial charge in [0.2, 0.25) is 0 Å². The maximum absolute atomic E-state index is 12.8. The van der Waals surface area contributed by atoms with E-state index in [1.54, 1.807) is 19.1 Å². The summed E-state index contributed by atoms with van der Waals surface area (Å²) in [6, 6.07) is 0. The van der Waals surface area contributed by atoms with Crippen molar-refractivity contribution in [1.82, 2.24) is 0 Å². The Balaban J connectivity index is 1.62. The van der Waals surface area contributed by atoms with Gasteiger partial charge in [0.05, 0.1) is 6.10 Å². The lowest BCUT2D eigenvalue weighted by molar-refractivity contribution is -0.165. The van der Waals surface area contributed by atoms with E-state index >= 15 is 0 Å². The number of ketones is 2. The standard InChI is InChI=1S/C22H28O5/c1-12-8-16-15-5-4-13-9-14(24)6-7-19(13,2)22(15)18(27-22)10-20(16,3)21(12,26)17(25)11-23/h6-7,9,12,15-16,18,23,26H,4-5,8,10-11H2,1-3H3/t12-,15?,16?,18+,19+,20+,21+,22-/m1/s1/i1D3. The van der Waals surface area contributed by atoms with Crippen LogP contribution in [0.2, 0.25) is 0 Å². The predicted octanol–water partition coefficient (Wildman–Crippen LogP) is 1.96. The molecule has 0 bridgehead atoms. The number of hydrogen-bond acceptors (Lipinski definition) is 5. The number of fused-ring (bicyclic) bond motifs is 3. The number of rotatable bonds is 2. The van der Waals surface area contributed by atoms with Crippen LogP contribution in [-0.4, -0.2) is 45.7 Å². The molecule has 4 aliphatic carbocycles. The van der Waals surface area contributed by atoms with Crippen molar-refractivity contribution >= 4 is 11.6 Å². The smallest absolute Gasteiger partial charge is 0.190 e. The van der Waals surface area contributed by atoms with Gasteiger partial charge in [-0.25, -0.2) is 0 Å². The summed E-state index contributed by atoms with van der Waals surface area (Å²) in [7, 11) is 0. The highest BCUT2D eigenvalue weighted by molar-refractivity contribution is 6.01. The van der Waals surface area contributed by atoms with E-state index in [1.165, 1.54) is 0 Å². The van der Waals surface area contributed by atoms with Crippen molar-refractivity contribution in [3.63, 3.8) is 0 Å². The molecule has 0 aromatic rings. The van der Waals surface area contributed by atoms with E-state index < -0.39 is 47.2 Å². The van der Waals surface area contributed by atoms with E-state index in [0.29, 0.717) is 12.8 Å². The Morgan fingerprint density at radius 3 is 2.89 bits per heavy atom. The summed E-state index contributed by atoms with van der Waals surface area (Å²) >= 11 is 0. The fourth-order valence-corrected chi connectivity index (χ4v) is 7.33. The molecule has 1 saturated heterocycles. The number of aliphatic hydroxyl groups excluding tert-OH is 1. The number of epoxide rings is 1. The molecule has 5 rings (SSSR count). The lowest BCUT2D eigenvalue weighted by Crippen LogP contribution is -2.62. The molecule has 8 atom stereocenters. The van der Waals surface area contributed by atoms with Crippen LogP contribution < -0.4 is 0 Å². The van der Waals surface area contributed by atoms with Gasteiger partial charge in [-0.1, -0.05) is 25.4 Å². The van der Waals surface area contributed by atoms with Crippen molar-refractivity contribution in [2.75, 3.05) is 6.61 Å². The Kier molecular flexibility index (Phi) is 2.71. The van der Waals surface area contributed by atoms with Gasteiger partial charge in [-0.15, -0.1) is 0 Å². The van der Waals surface area contributed by atoms with Crippen molar-refractivity contribution in [3.8, 4) is 0 Å². The number of hydrogen-bond donors (Lipinski definition) is 2. The van der Waals surface area contributed by atoms with E-state index in [0.717, 1.165) is 12.0 Å². The van der Waals surface area contributed by atoms with E-state index in [-0.39, 0.29) is 30.1 Å². The zero-order valence-corrected chi connectivity index (χ0v) is 15.7. The van der Waals surface area contributed by atoms with Crippen molar-refractivity contribution in [2.24, 2.45) is 28.6 Å². The number of ether oxygens (including phenoxy) is 1. The molecule has 1 aliphatic heterocycles. The molecule has 5 heteroatoms. The minimum absolute atomic E-state index is 0.0265. The number of aliphatic hydroxyl groups is 2. The van der Waals surface area contributed by atoms with Crippen LogP contribution in [0.4, 0.5) is 0 Å². The van der Waals surface area contributed by atoms with Crippen molar-refractivity contribution in [1.29, 1.82) is 0 Å². The summed E-state index contributed by atoms with van der Waals surface area (Å²) in [5.41, 5.74) is -3.06. The topological polar surface area (TPSA) is 87.1 Å². The second kappa shape index (κ2) is 5.00. The molecule has 0 aromatic heterocycles. The third-order valence-electron chi connectivity index (χ3n) is 8.76. The lowest BCUT2D eigenvalue weighted by atomic mass is 9.46. The van der Waals surface area contributed by atoms with Gasteiger partial charge in [-0.3, -0.25) is 9.59 Å². The molecule has 0 amide bonds. The molecule has 146 valence electrons. The third kappa shape index (κ3) is 1.73. The molecule has 5 aliphatic rings. The highest BCUT2D eigenvalue weighted by Gasteiger charge is 2.81. The largest absolute Gasteiger partial charge is 0.388 e. The van der Waals surface area contributed by atoms with E-state index in [9.17, 15) is 19.8 Å². The van der Waals surface area contributed by atoms with Gasteiger partial charge >= 0.3 is 0 Å². The Bertz CT molecular complexity index is 909. The van der Waals surface area contributed by atoms with Crippen LogP contribution in [0.15, 0.2) is 23.8 Å². The first-order chi connectivity index (χ1) is 13.9. The molecule has 3 saturated carbocycles. The molecular weight excluding hydrogens is 344 g/mol. The van der Waals surface area contributed by atoms with Gasteiger partial charge in [0, 0.05) is 14.9 Å². The summed E-state index contributed by atoms with van der Waals surface area (Å²) in [6.07, 6.45) is 6.94. The molecule has 5 nitrogen and oxygen atoms in total. The fraction of sp³-hybridized carbons (Fsp3) is 0.727. The van der Waals surface area contributed by atoms with Crippen molar-refractivity contribution in [3.05, 3.63) is 23.8 Å². The van der Waals surface area contributed by atoms with Gasteiger partial charge < -0.3 is 14.9 Å². The SMILES string of the molecule is [2H]C([2H])([2H])[C@@H]1CC2C3CCC4=CC(=O)C=C[C@]4(C)[C@@]34O[C@H]4C[C@]2(C)[C@@]1(O)C(=O)CO. The normalized spacial score (nSPS) is 57.3. The third-order valence-corrected chi connectivity index (χ3v) is 8.76. The highest BCUT2D eigenvalue weighted by atomic mass is 16.6. The average molecular weight is 375 g/mol. The first kappa shape index (κ1) is 14.7. The van der Waals surface area contributed by atoms with Gasteiger partial charge in [0.25, 0.3) is 0 Å². The second-order valence-electron chi connectivity index (χ2n) is 9.52. The number of Topliss-reactive ketones (excluding diaryl/α,β-unsaturated/α-hetero) is 1. The summed E-state index contributed by atoms with van der Waals surface area (Å²) in [5, 5.41) is 21.3. The Morgan fingerprint density at radius 1 is 1.41 bits per heavy atom. The Hall–Kier alpha value is -1.30. The van der Waals surface area contributed by atoms with Crippen molar-refractivity contribution < 1.29 is 28.7 Å². The summed E-state index contributed by atoms with van der Waals surface area (Å²) in [5.74, 6) is -2.32. The second-order valence-corrected chi connectivity index (χ2v) is 9.52. The van der Waals surface area contributed by atoms with Crippen LogP contribution in [0.25, 0.3) is 0 Å². The number of carbonyl (C=O) groups is 2. The zero-order chi connectivity index (χ0) is 21.9. The Labute approximate surface area is 163 Å². The lowest BCUT2D eigenvalue weighted by Gasteiger charge is -2.55. The van der Waals surface area contributed by atoms with Crippen LogP contribution in [-0.2, 0) is 14.3 Å². The molecule has 0 aromatic carbocycles. The maximum Gasteiger partial charge on any atom is 0.190 e. The van der Waals surface area contributed by atoms with Crippen LogP contribution in [0, 0.1) is 28.6 Å². The van der Waals surface area contributed by atoms with Gasteiger partial charge in [-0.2, -0.15) is 0 Å². The van der Waals surface area contributed by atoms with Crippen molar-refractivity contribution in [2.45, 2.75) is 63.7 Å². The quantitative estimate of drug-likeness (QED) is 0.721. The van der Waals surface area contributed by atoms with Gasteiger partial charge in [0.1, 0.15) is 17.8 Å². The Morgan fingerprint density at radius 2 is 2.19 bits per heavy atom. The van der Waals surface area contributed by atoms with E-state index in [2.05, 4.69) is 6.92 Å². The molecule has 4 fully saturated rings. The molecule has 27 heavy (non-hydrogen) atoms. The summed E-state index contributed by atoms with van der Waals surface area (Å²) in [4.78, 5) is 24.8. The van der Waals surface area contributed by atoms with Gasteiger partial charge in [0.15, 0.2) is 11.6 Å². The average Bonchev–Trinajstić information content (AvgIpc) is 3.32. The fourth-order valence-electron chi connectivity index (χ4n) is 7.33. The zero-order valence-electron chi connectivity index (χ0n) is 18.7. The molecule has 1 spiro atoms. The minimum atomic E-state index is -2.51. The first-order valence-corrected chi connectivity index (χ1v) is 9.85. The predicted molar refractivity (Wildman–Crippen MR) is 97.7 cm³/mol. The van der Waals surface area contributed by atoms with E-state index in [1.807, 2.05) is 6.08 Å². The van der Waals surface area contributed by atoms with Gasteiger partial charge in [-0.05, 0) is 62.5 Å². The summed E-state index contributed by atoms with van der Waals surface area (Å²) < 4.78 is 30.5. The van der Waals surface area contributed by atoms with Crippen LogP contribution in [0.1, 0.15) is 50.5 Å². The molecule has 2 unspecified atom stereocenters. The van der Waals surface area contributed by atoms with Crippen LogP contribution in [0.3, 0.4) is 0 Å². The van der Waals surface area contributed by atoms with Crippen LogP contribution >= 0.6 is 0 Å². The number of allylic oxidation sites excluding steroid dienone is 2. The molecule has 2 N–H and O–H groups in total. The molecule has 0 radical (unpaired) electrons. The van der Waals surface area contributed by atoms with E-state index in [4.69, 9.17) is 8.85 Å². The minimum Gasteiger partial charge on any atom is -0.388 e. The monoisotopic (exact) mass is 375 g/mol. The highest BCUT2D eigenvalue weighted by Crippen LogP contribution is 2.76. The molecule has 1 heterocycles. The maximum atomic E-state index is 12.8. The molecular formula is C22H28O5. The van der Waals surface area contributed by atoms with Crippen LogP contribution in [0.5, 0.6) is 0 Å². The number of carbonyl (C=O) groups excluding carboxylic acids is 2. The summed E-state index contributed by atoms with van der Waals surface area (Å²) in [6.45, 7) is 0.482.